The molecule has 0 unspecified atom stereocenters. The lowest BCUT2D eigenvalue weighted by Gasteiger charge is -2.26. The first-order valence-electron chi connectivity index (χ1n) is 7.69. The maximum Gasteiger partial charge on any atom is 0.188 e. The molecule has 1 saturated carbocycles. The standard InChI is InChI=1S/C17H27N3O/c1-17(2,14-8-5-9-15(10-14)21-3)12-20-16(18)19-11-13-6-4-7-13/h5,8-10,13H,4,6-7,11-12H2,1-3H3,(H3,18,19,20). The fraction of sp³-hybridized carbons (Fsp3) is 0.588. The Morgan fingerprint density at radius 1 is 1.43 bits per heavy atom. The summed E-state index contributed by atoms with van der Waals surface area (Å²) in [6.07, 6.45) is 3.98. The van der Waals surface area contributed by atoms with Crippen molar-refractivity contribution in [1.29, 1.82) is 0 Å². The maximum atomic E-state index is 5.96. The van der Waals surface area contributed by atoms with Gasteiger partial charge in [0.1, 0.15) is 5.75 Å². The monoisotopic (exact) mass is 289 g/mol. The van der Waals surface area contributed by atoms with Crippen molar-refractivity contribution in [2.24, 2.45) is 16.6 Å². The summed E-state index contributed by atoms with van der Waals surface area (Å²) in [7, 11) is 1.69. The Morgan fingerprint density at radius 3 is 2.81 bits per heavy atom. The average molecular weight is 289 g/mol. The van der Waals surface area contributed by atoms with Crippen LogP contribution in [0.2, 0.25) is 0 Å². The number of nitrogens with one attached hydrogen (secondary N) is 1. The molecule has 0 heterocycles. The van der Waals surface area contributed by atoms with Gasteiger partial charge in [0.15, 0.2) is 5.96 Å². The molecular weight excluding hydrogens is 262 g/mol. The van der Waals surface area contributed by atoms with Crippen molar-refractivity contribution < 1.29 is 4.74 Å². The van der Waals surface area contributed by atoms with E-state index in [0.717, 1.165) is 18.2 Å². The summed E-state index contributed by atoms with van der Waals surface area (Å²) in [6.45, 7) is 5.95. The molecule has 4 nitrogen and oxygen atoms in total. The van der Waals surface area contributed by atoms with E-state index in [2.05, 4.69) is 36.3 Å². The Balaban J connectivity index is 1.92. The Morgan fingerprint density at radius 2 is 2.19 bits per heavy atom. The van der Waals surface area contributed by atoms with Crippen LogP contribution in [0.15, 0.2) is 29.3 Å². The highest BCUT2D eigenvalue weighted by molar-refractivity contribution is 5.77. The predicted molar refractivity (Wildman–Crippen MR) is 87.9 cm³/mol. The molecule has 0 spiro atoms. The lowest BCUT2D eigenvalue weighted by molar-refractivity contribution is 0.315. The Hall–Kier alpha value is -1.71. The van der Waals surface area contributed by atoms with E-state index in [1.807, 2.05) is 12.1 Å². The van der Waals surface area contributed by atoms with Crippen LogP contribution in [-0.4, -0.2) is 26.2 Å². The van der Waals surface area contributed by atoms with Crippen LogP contribution in [0.25, 0.3) is 0 Å². The molecule has 0 atom stereocenters. The summed E-state index contributed by atoms with van der Waals surface area (Å²) in [4.78, 5) is 4.50. The van der Waals surface area contributed by atoms with E-state index in [1.165, 1.54) is 24.8 Å². The van der Waals surface area contributed by atoms with Crippen molar-refractivity contribution in [3.8, 4) is 5.75 Å². The first-order valence-corrected chi connectivity index (χ1v) is 7.69. The zero-order chi connectivity index (χ0) is 15.3. The molecule has 1 aliphatic carbocycles. The molecule has 4 heteroatoms. The van der Waals surface area contributed by atoms with Gasteiger partial charge >= 0.3 is 0 Å². The van der Waals surface area contributed by atoms with Crippen molar-refractivity contribution in [1.82, 2.24) is 5.32 Å². The van der Waals surface area contributed by atoms with Gasteiger partial charge < -0.3 is 15.8 Å². The highest BCUT2D eigenvalue weighted by atomic mass is 16.5. The van der Waals surface area contributed by atoms with Crippen molar-refractivity contribution >= 4 is 5.96 Å². The van der Waals surface area contributed by atoms with Crippen molar-refractivity contribution in [2.45, 2.75) is 38.5 Å². The van der Waals surface area contributed by atoms with Gasteiger partial charge in [-0.3, -0.25) is 4.99 Å². The number of nitrogens with two attached hydrogens (primary N) is 1. The third-order valence-electron chi connectivity index (χ3n) is 4.29. The molecule has 0 aromatic heterocycles. The average Bonchev–Trinajstić information content (AvgIpc) is 2.43. The molecule has 2 rings (SSSR count). The zero-order valence-corrected chi connectivity index (χ0v) is 13.4. The van der Waals surface area contributed by atoms with Gasteiger partial charge in [0.2, 0.25) is 0 Å². The number of aliphatic imine (C=N–C) groups is 1. The first-order chi connectivity index (χ1) is 10.0. The molecule has 0 aliphatic heterocycles. The van der Waals surface area contributed by atoms with E-state index < -0.39 is 0 Å². The molecule has 0 bridgehead atoms. The molecule has 0 radical (unpaired) electrons. The molecule has 116 valence electrons. The van der Waals surface area contributed by atoms with E-state index >= 15 is 0 Å². The second kappa shape index (κ2) is 6.83. The minimum Gasteiger partial charge on any atom is -0.497 e. The van der Waals surface area contributed by atoms with E-state index in [-0.39, 0.29) is 5.41 Å². The van der Waals surface area contributed by atoms with Gasteiger partial charge in [-0.1, -0.05) is 32.4 Å². The summed E-state index contributed by atoms with van der Waals surface area (Å²) in [5.74, 6) is 2.21. The highest BCUT2D eigenvalue weighted by Gasteiger charge is 2.21. The van der Waals surface area contributed by atoms with Crippen molar-refractivity contribution in [3.05, 3.63) is 29.8 Å². The van der Waals surface area contributed by atoms with E-state index in [0.29, 0.717) is 12.5 Å². The van der Waals surface area contributed by atoms with Crippen LogP contribution in [0.4, 0.5) is 0 Å². The smallest absolute Gasteiger partial charge is 0.188 e. The molecular formula is C17H27N3O. The van der Waals surface area contributed by atoms with Crippen molar-refractivity contribution in [3.63, 3.8) is 0 Å². The van der Waals surface area contributed by atoms with Gasteiger partial charge in [-0.15, -0.1) is 0 Å². The Kier molecular flexibility index (Phi) is 5.10. The highest BCUT2D eigenvalue weighted by Crippen LogP contribution is 2.27. The van der Waals surface area contributed by atoms with E-state index in [9.17, 15) is 0 Å². The summed E-state index contributed by atoms with van der Waals surface area (Å²) in [6, 6.07) is 8.14. The van der Waals surface area contributed by atoms with Crippen molar-refractivity contribution in [2.75, 3.05) is 20.2 Å². The molecule has 1 aromatic carbocycles. The molecule has 0 amide bonds. The molecule has 21 heavy (non-hydrogen) atoms. The second-order valence-electron chi connectivity index (χ2n) is 6.50. The SMILES string of the molecule is COc1cccc(C(C)(C)CN=C(N)NCC2CCC2)c1. The molecule has 0 saturated heterocycles. The molecule has 1 aliphatic rings. The van der Waals surface area contributed by atoms with Crippen LogP contribution in [-0.2, 0) is 5.41 Å². The quantitative estimate of drug-likeness (QED) is 0.625. The molecule has 1 fully saturated rings. The van der Waals surface area contributed by atoms with Crippen LogP contribution in [0.5, 0.6) is 5.75 Å². The summed E-state index contributed by atoms with van der Waals surface area (Å²) in [5, 5.41) is 3.23. The van der Waals surface area contributed by atoms with Gasteiger partial charge in [0.25, 0.3) is 0 Å². The van der Waals surface area contributed by atoms with Crippen LogP contribution < -0.4 is 15.8 Å². The number of nitrogens with zero attached hydrogens (tertiary/aromatic N) is 1. The van der Waals surface area contributed by atoms with Crippen LogP contribution in [0.1, 0.15) is 38.7 Å². The molecule has 3 N–H and O–H groups in total. The van der Waals surface area contributed by atoms with Crippen LogP contribution in [0, 0.1) is 5.92 Å². The van der Waals surface area contributed by atoms with Gasteiger partial charge in [-0.2, -0.15) is 0 Å². The largest absolute Gasteiger partial charge is 0.497 e. The number of hydrogen-bond acceptors (Lipinski definition) is 2. The topological polar surface area (TPSA) is 59.6 Å². The number of hydrogen-bond donors (Lipinski definition) is 2. The number of benzene rings is 1. The third-order valence-corrected chi connectivity index (χ3v) is 4.29. The second-order valence-corrected chi connectivity index (χ2v) is 6.50. The Bertz CT molecular complexity index is 493. The van der Waals surface area contributed by atoms with Gasteiger partial charge in [0, 0.05) is 12.0 Å². The van der Waals surface area contributed by atoms with Crippen LogP contribution >= 0.6 is 0 Å². The number of ether oxygens (including phenoxy) is 1. The summed E-state index contributed by atoms with van der Waals surface area (Å²) in [5.41, 5.74) is 7.09. The molecule has 1 aromatic rings. The number of guanidine groups is 1. The summed E-state index contributed by atoms with van der Waals surface area (Å²) < 4.78 is 5.29. The fourth-order valence-corrected chi connectivity index (χ4v) is 2.42. The Labute approximate surface area is 127 Å². The normalized spacial score (nSPS) is 16.4. The van der Waals surface area contributed by atoms with Gasteiger partial charge in [-0.05, 0) is 36.5 Å². The van der Waals surface area contributed by atoms with Gasteiger partial charge in [-0.25, -0.2) is 0 Å². The number of methoxy groups -OCH3 is 1. The number of rotatable bonds is 6. The zero-order valence-electron chi connectivity index (χ0n) is 13.4. The fourth-order valence-electron chi connectivity index (χ4n) is 2.42. The summed E-state index contributed by atoms with van der Waals surface area (Å²) >= 11 is 0. The third kappa shape index (κ3) is 4.38. The first kappa shape index (κ1) is 15.7. The van der Waals surface area contributed by atoms with Gasteiger partial charge in [0.05, 0.1) is 13.7 Å². The van der Waals surface area contributed by atoms with E-state index in [4.69, 9.17) is 10.5 Å². The lowest BCUT2D eigenvalue weighted by Crippen LogP contribution is -2.38. The maximum absolute atomic E-state index is 5.96. The predicted octanol–water partition coefficient (Wildman–Crippen LogP) is 2.68. The lowest BCUT2D eigenvalue weighted by atomic mass is 9.84. The minimum atomic E-state index is -0.0721. The van der Waals surface area contributed by atoms with Crippen LogP contribution in [0.3, 0.4) is 0 Å². The minimum absolute atomic E-state index is 0.0721. The van der Waals surface area contributed by atoms with E-state index in [1.54, 1.807) is 7.11 Å².